The lowest BCUT2D eigenvalue weighted by Crippen LogP contribution is -2.48. The van der Waals surface area contributed by atoms with Crippen LogP contribution < -0.4 is 9.64 Å². The van der Waals surface area contributed by atoms with Crippen molar-refractivity contribution in [1.29, 1.82) is 0 Å². The summed E-state index contributed by atoms with van der Waals surface area (Å²) >= 11 is 0. The smallest absolute Gasteiger partial charge is 0.129 e. The Morgan fingerprint density at radius 3 is 2.61 bits per heavy atom. The normalized spacial score (nSPS) is 18.4. The van der Waals surface area contributed by atoms with Crippen molar-refractivity contribution in [2.24, 2.45) is 4.99 Å². The Bertz CT molecular complexity index is 882. The second-order valence-electron chi connectivity index (χ2n) is 8.77. The number of aliphatic imine (C=N–C) groups is 1. The van der Waals surface area contributed by atoms with Gasteiger partial charge in [0.15, 0.2) is 0 Å². The van der Waals surface area contributed by atoms with Gasteiger partial charge >= 0.3 is 0 Å². The van der Waals surface area contributed by atoms with Crippen LogP contribution in [0.25, 0.3) is 0 Å². The van der Waals surface area contributed by atoms with Crippen LogP contribution in [0.2, 0.25) is 0 Å². The number of anilines is 1. The Morgan fingerprint density at radius 2 is 1.96 bits per heavy atom. The highest BCUT2D eigenvalue weighted by atomic mass is 16.5. The molecule has 1 heterocycles. The van der Waals surface area contributed by atoms with Gasteiger partial charge in [0.1, 0.15) is 5.75 Å². The van der Waals surface area contributed by atoms with E-state index in [1.165, 1.54) is 22.4 Å². The average Bonchev–Trinajstić information content (AvgIpc) is 2.63. The van der Waals surface area contributed by atoms with Crippen molar-refractivity contribution in [2.45, 2.75) is 65.8 Å². The summed E-state index contributed by atoms with van der Waals surface area (Å²) in [5, 5.41) is 0. The van der Waals surface area contributed by atoms with E-state index in [1.807, 2.05) is 6.21 Å². The van der Waals surface area contributed by atoms with Gasteiger partial charge in [0.05, 0.1) is 12.8 Å². The average molecular weight is 379 g/mol. The van der Waals surface area contributed by atoms with Crippen molar-refractivity contribution in [3.8, 4) is 5.75 Å². The zero-order chi connectivity index (χ0) is 20.5. The topological polar surface area (TPSA) is 24.8 Å². The van der Waals surface area contributed by atoms with Crippen LogP contribution in [0.4, 0.5) is 11.4 Å². The van der Waals surface area contributed by atoms with Crippen LogP contribution in [0.3, 0.4) is 0 Å². The van der Waals surface area contributed by atoms with Gasteiger partial charge < -0.3 is 9.64 Å². The summed E-state index contributed by atoms with van der Waals surface area (Å²) in [6, 6.07) is 10.9. The molecule has 0 N–H and O–H groups in total. The third kappa shape index (κ3) is 3.94. The summed E-state index contributed by atoms with van der Waals surface area (Å²) in [6.45, 7) is 14.6. The third-order valence-corrected chi connectivity index (χ3v) is 5.88. The van der Waals surface area contributed by atoms with Gasteiger partial charge in [-0.25, -0.2) is 0 Å². The molecule has 1 unspecified atom stereocenters. The number of methoxy groups -OCH3 is 1. The molecular weight excluding hydrogens is 344 g/mol. The predicted molar refractivity (Wildman–Crippen MR) is 121 cm³/mol. The SMILES string of the molecule is CCCN1c2cc(OC)c(C=Nc3ccc(C)cc3C)cc2C(C)CC1(C)C. The monoisotopic (exact) mass is 378 g/mol. The molecule has 2 aromatic carbocycles. The van der Waals surface area contributed by atoms with Crippen LogP contribution in [0.5, 0.6) is 5.75 Å². The van der Waals surface area contributed by atoms with E-state index in [2.05, 4.69) is 76.8 Å². The van der Waals surface area contributed by atoms with E-state index in [1.54, 1.807) is 7.11 Å². The van der Waals surface area contributed by atoms with Crippen molar-refractivity contribution >= 4 is 17.6 Å². The van der Waals surface area contributed by atoms with Crippen LogP contribution in [-0.2, 0) is 0 Å². The molecule has 0 fully saturated rings. The highest BCUT2D eigenvalue weighted by Crippen LogP contribution is 2.45. The summed E-state index contributed by atoms with van der Waals surface area (Å²) in [5.74, 6) is 1.40. The molecule has 0 saturated carbocycles. The first-order chi connectivity index (χ1) is 13.3. The van der Waals surface area contributed by atoms with Crippen molar-refractivity contribution in [1.82, 2.24) is 0 Å². The highest BCUT2D eigenvalue weighted by molar-refractivity contribution is 5.88. The van der Waals surface area contributed by atoms with Gasteiger partial charge in [-0.1, -0.05) is 31.5 Å². The summed E-state index contributed by atoms with van der Waals surface area (Å²) in [4.78, 5) is 7.32. The number of hydrogen-bond acceptors (Lipinski definition) is 3. The van der Waals surface area contributed by atoms with E-state index in [9.17, 15) is 0 Å². The number of aryl methyl sites for hydroxylation is 2. The zero-order valence-electron chi connectivity index (χ0n) is 18.5. The number of rotatable bonds is 5. The quantitative estimate of drug-likeness (QED) is 0.550. The first kappa shape index (κ1) is 20.4. The minimum absolute atomic E-state index is 0.155. The first-order valence-electron chi connectivity index (χ1n) is 10.4. The van der Waals surface area contributed by atoms with E-state index in [0.29, 0.717) is 5.92 Å². The fourth-order valence-electron chi connectivity index (χ4n) is 4.54. The van der Waals surface area contributed by atoms with E-state index >= 15 is 0 Å². The molecule has 28 heavy (non-hydrogen) atoms. The van der Waals surface area contributed by atoms with Gasteiger partial charge in [0, 0.05) is 35.6 Å². The Labute approximate surface area is 170 Å². The van der Waals surface area contributed by atoms with Gasteiger partial charge in [0.25, 0.3) is 0 Å². The Kier molecular flexibility index (Phi) is 5.83. The molecule has 1 atom stereocenters. The van der Waals surface area contributed by atoms with Gasteiger partial charge in [-0.3, -0.25) is 4.99 Å². The fraction of sp³-hybridized carbons (Fsp3) is 0.480. The lowest BCUT2D eigenvalue weighted by molar-refractivity contribution is 0.372. The van der Waals surface area contributed by atoms with Crippen LogP contribution in [0.15, 0.2) is 35.3 Å². The van der Waals surface area contributed by atoms with Crippen molar-refractivity contribution in [3.05, 3.63) is 52.6 Å². The number of hydrogen-bond donors (Lipinski definition) is 0. The van der Waals surface area contributed by atoms with Crippen LogP contribution >= 0.6 is 0 Å². The predicted octanol–water partition coefficient (Wildman–Crippen LogP) is 6.56. The third-order valence-electron chi connectivity index (χ3n) is 5.88. The van der Waals surface area contributed by atoms with Crippen molar-refractivity contribution in [3.63, 3.8) is 0 Å². The summed E-state index contributed by atoms with van der Waals surface area (Å²) in [7, 11) is 1.75. The largest absolute Gasteiger partial charge is 0.496 e. The zero-order valence-corrected chi connectivity index (χ0v) is 18.5. The van der Waals surface area contributed by atoms with Gasteiger partial charge in [-0.2, -0.15) is 0 Å². The van der Waals surface area contributed by atoms with Crippen LogP contribution in [0.1, 0.15) is 68.7 Å². The molecule has 0 bridgehead atoms. The molecule has 0 radical (unpaired) electrons. The van der Waals surface area contributed by atoms with E-state index < -0.39 is 0 Å². The van der Waals surface area contributed by atoms with Gasteiger partial charge in [-0.05, 0) is 69.7 Å². The minimum atomic E-state index is 0.155. The molecule has 1 aliphatic rings. The number of nitrogens with zero attached hydrogens (tertiary/aromatic N) is 2. The molecule has 0 spiro atoms. The molecule has 150 valence electrons. The van der Waals surface area contributed by atoms with E-state index in [0.717, 1.165) is 36.4 Å². The summed E-state index contributed by atoms with van der Waals surface area (Å²) < 4.78 is 5.76. The minimum Gasteiger partial charge on any atom is -0.496 e. The lowest BCUT2D eigenvalue weighted by Gasteiger charge is -2.47. The Hall–Kier alpha value is -2.29. The molecule has 0 saturated heterocycles. The molecule has 0 amide bonds. The maximum Gasteiger partial charge on any atom is 0.129 e. The molecule has 1 aliphatic heterocycles. The highest BCUT2D eigenvalue weighted by Gasteiger charge is 2.36. The van der Waals surface area contributed by atoms with E-state index in [4.69, 9.17) is 9.73 Å². The summed E-state index contributed by atoms with van der Waals surface area (Å²) in [6.07, 6.45) is 4.24. The van der Waals surface area contributed by atoms with Gasteiger partial charge in [0.2, 0.25) is 0 Å². The molecule has 2 aromatic rings. The van der Waals surface area contributed by atoms with Gasteiger partial charge in [-0.15, -0.1) is 0 Å². The summed E-state index contributed by atoms with van der Waals surface area (Å²) in [5.41, 5.74) is 7.37. The van der Waals surface area contributed by atoms with Crippen molar-refractivity contribution in [2.75, 3.05) is 18.6 Å². The molecule has 3 heteroatoms. The second kappa shape index (κ2) is 7.98. The van der Waals surface area contributed by atoms with Crippen LogP contribution in [-0.4, -0.2) is 25.4 Å². The molecular formula is C25H34N2O. The lowest BCUT2D eigenvalue weighted by atomic mass is 9.79. The van der Waals surface area contributed by atoms with E-state index in [-0.39, 0.29) is 5.54 Å². The Balaban J connectivity index is 2.05. The maximum absolute atomic E-state index is 5.76. The number of benzene rings is 2. The number of fused-ring (bicyclic) bond motifs is 1. The second-order valence-corrected chi connectivity index (χ2v) is 8.77. The van der Waals surface area contributed by atoms with Crippen molar-refractivity contribution < 1.29 is 4.74 Å². The first-order valence-corrected chi connectivity index (χ1v) is 10.4. The molecule has 3 rings (SSSR count). The maximum atomic E-state index is 5.76. The molecule has 3 nitrogen and oxygen atoms in total. The Morgan fingerprint density at radius 1 is 1.21 bits per heavy atom. The van der Waals surface area contributed by atoms with Crippen LogP contribution in [0, 0.1) is 13.8 Å². The fourth-order valence-corrected chi connectivity index (χ4v) is 4.54. The molecule has 0 aromatic heterocycles. The standard InChI is InChI=1S/C25H34N2O/c1-8-11-27-23-14-24(28-7)20(13-21(23)19(4)15-25(27,5)6)16-26-22-10-9-17(2)12-18(22)3/h9-10,12-14,16,19H,8,11,15H2,1-7H3. The number of ether oxygens (including phenoxy) is 1. The molecule has 0 aliphatic carbocycles.